The van der Waals surface area contributed by atoms with Crippen molar-refractivity contribution in [2.24, 2.45) is 0 Å². The number of rotatable bonds is 0. The molecular formula is C20H29ClFN5O3. The highest BCUT2D eigenvalue weighted by molar-refractivity contribution is 6.30. The zero-order chi connectivity index (χ0) is 22.5. The number of ether oxygens (including phenoxy) is 2. The van der Waals surface area contributed by atoms with Gasteiger partial charge in [0, 0.05) is 26.7 Å². The zero-order valence-electron chi connectivity index (χ0n) is 18.3. The number of nitrogens with zero attached hydrogens (tertiary/aromatic N) is 5. The van der Waals surface area contributed by atoms with Crippen molar-refractivity contribution >= 4 is 34.4 Å². The second kappa shape index (κ2) is 10.1. The van der Waals surface area contributed by atoms with Gasteiger partial charge in [-0.05, 0) is 27.2 Å². The minimum absolute atomic E-state index is 0.0510. The predicted octanol–water partition coefficient (Wildman–Crippen LogP) is 4.30. The summed E-state index contributed by atoms with van der Waals surface area (Å²) >= 11 is 5.90. The van der Waals surface area contributed by atoms with Crippen LogP contribution in [0.1, 0.15) is 41.0 Å². The van der Waals surface area contributed by atoms with E-state index in [1.807, 2.05) is 34.6 Å². The van der Waals surface area contributed by atoms with Crippen LogP contribution in [0, 0.1) is 5.82 Å². The van der Waals surface area contributed by atoms with Crippen LogP contribution in [0.2, 0.25) is 5.15 Å². The van der Waals surface area contributed by atoms with Crippen LogP contribution < -0.4 is 9.64 Å². The summed E-state index contributed by atoms with van der Waals surface area (Å²) in [6.07, 6.45) is 1.42. The monoisotopic (exact) mass is 441 g/mol. The van der Waals surface area contributed by atoms with Gasteiger partial charge >= 0.3 is 6.09 Å². The number of amides is 1. The van der Waals surface area contributed by atoms with E-state index in [1.165, 1.54) is 6.33 Å². The SMILES string of the molecule is CC.CN1CCN(C(=O)OC(C)(C)C)CCCOc2nc(Cl)c(F)c3ncnc1c23. The van der Waals surface area contributed by atoms with Gasteiger partial charge in [0.25, 0.3) is 0 Å². The fraction of sp³-hybridized carbons (Fsp3) is 0.600. The maximum absolute atomic E-state index is 14.4. The van der Waals surface area contributed by atoms with Gasteiger partial charge in [-0.3, -0.25) is 0 Å². The molecule has 30 heavy (non-hydrogen) atoms. The Kier molecular flexibility index (Phi) is 8.00. The highest BCUT2D eigenvalue weighted by Gasteiger charge is 2.25. The number of likely N-dealkylation sites (N-methyl/N-ethyl adjacent to an activating group) is 1. The molecule has 2 aromatic heterocycles. The van der Waals surface area contributed by atoms with E-state index in [9.17, 15) is 9.18 Å². The molecule has 0 atom stereocenters. The van der Waals surface area contributed by atoms with Crippen molar-refractivity contribution in [2.75, 3.05) is 38.2 Å². The molecule has 0 radical (unpaired) electrons. The van der Waals surface area contributed by atoms with Crippen molar-refractivity contribution in [3.8, 4) is 5.88 Å². The molecule has 0 N–H and O–H groups in total. The molecule has 0 aliphatic carbocycles. The summed E-state index contributed by atoms with van der Waals surface area (Å²) in [7, 11) is 1.79. The normalized spacial score (nSPS) is 14.9. The summed E-state index contributed by atoms with van der Waals surface area (Å²) in [4.78, 5) is 28.2. The Morgan fingerprint density at radius 1 is 1.23 bits per heavy atom. The van der Waals surface area contributed by atoms with Gasteiger partial charge in [-0.2, -0.15) is 4.98 Å². The molecule has 8 nitrogen and oxygen atoms in total. The van der Waals surface area contributed by atoms with E-state index >= 15 is 0 Å². The molecule has 1 aliphatic heterocycles. The smallest absolute Gasteiger partial charge is 0.410 e. The number of hydrogen-bond donors (Lipinski definition) is 0. The number of hydrogen-bond acceptors (Lipinski definition) is 7. The molecular weight excluding hydrogens is 413 g/mol. The van der Waals surface area contributed by atoms with Crippen molar-refractivity contribution in [2.45, 2.75) is 46.6 Å². The van der Waals surface area contributed by atoms with E-state index in [0.717, 1.165) is 0 Å². The van der Waals surface area contributed by atoms with Gasteiger partial charge in [0.05, 0.1) is 6.61 Å². The first-order chi connectivity index (χ1) is 14.2. The molecule has 3 rings (SSSR count). The van der Waals surface area contributed by atoms with Crippen LogP contribution in [-0.4, -0.2) is 64.8 Å². The van der Waals surface area contributed by atoms with Gasteiger partial charge in [-0.25, -0.2) is 19.2 Å². The van der Waals surface area contributed by atoms with Crippen LogP contribution in [0.3, 0.4) is 0 Å². The predicted molar refractivity (Wildman–Crippen MR) is 115 cm³/mol. The fourth-order valence-electron chi connectivity index (χ4n) is 2.85. The second-order valence-corrected chi connectivity index (χ2v) is 7.89. The molecule has 0 spiro atoms. The molecule has 0 unspecified atom stereocenters. The Hall–Kier alpha value is -2.42. The van der Waals surface area contributed by atoms with Crippen molar-refractivity contribution in [3.05, 3.63) is 17.3 Å². The maximum atomic E-state index is 14.4. The van der Waals surface area contributed by atoms with Gasteiger partial charge in [-0.15, -0.1) is 0 Å². The summed E-state index contributed by atoms with van der Waals surface area (Å²) in [6, 6.07) is 0. The first-order valence-corrected chi connectivity index (χ1v) is 10.4. The van der Waals surface area contributed by atoms with Crippen molar-refractivity contribution in [1.82, 2.24) is 19.9 Å². The van der Waals surface area contributed by atoms with Crippen LogP contribution in [0.15, 0.2) is 6.33 Å². The Balaban J connectivity index is 0.00000155. The number of aromatic nitrogens is 3. The lowest BCUT2D eigenvalue weighted by molar-refractivity contribution is 0.0247. The number of carbonyl (C=O) groups is 1. The third-order valence-electron chi connectivity index (χ3n) is 4.16. The zero-order valence-corrected chi connectivity index (χ0v) is 19.1. The van der Waals surface area contributed by atoms with E-state index in [1.54, 1.807) is 16.8 Å². The third-order valence-corrected chi connectivity index (χ3v) is 4.41. The summed E-state index contributed by atoms with van der Waals surface area (Å²) in [6.45, 7) is 11.1. The fourth-order valence-corrected chi connectivity index (χ4v) is 3.01. The molecule has 0 bridgehead atoms. The summed E-state index contributed by atoms with van der Waals surface area (Å²) in [5, 5.41) is 0.0534. The molecule has 166 valence electrons. The van der Waals surface area contributed by atoms with Crippen molar-refractivity contribution < 1.29 is 18.7 Å². The largest absolute Gasteiger partial charge is 0.477 e. The van der Waals surface area contributed by atoms with Gasteiger partial charge in [0.1, 0.15) is 28.6 Å². The minimum atomic E-state index is -0.716. The number of halogens is 2. The molecule has 1 amide bonds. The average molecular weight is 442 g/mol. The van der Waals surface area contributed by atoms with Crippen molar-refractivity contribution in [3.63, 3.8) is 0 Å². The highest BCUT2D eigenvalue weighted by atomic mass is 35.5. The summed E-state index contributed by atoms with van der Waals surface area (Å²) < 4.78 is 25.7. The molecule has 0 fully saturated rings. The van der Waals surface area contributed by atoms with Crippen molar-refractivity contribution in [1.29, 1.82) is 0 Å². The highest BCUT2D eigenvalue weighted by Crippen LogP contribution is 2.34. The molecule has 10 heteroatoms. The Morgan fingerprint density at radius 3 is 2.60 bits per heavy atom. The third kappa shape index (κ3) is 5.59. The Morgan fingerprint density at radius 2 is 1.93 bits per heavy atom. The first-order valence-electron chi connectivity index (χ1n) is 9.99. The lowest BCUT2D eigenvalue weighted by atomic mass is 10.2. The quantitative estimate of drug-likeness (QED) is 0.564. The lowest BCUT2D eigenvalue weighted by Gasteiger charge is -2.29. The van der Waals surface area contributed by atoms with Crippen LogP contribution in [0.4, 0.5) is 15.0 Å². The van der Waals surface area contributed by atoms with Gasteiger partial charge in [-0.1, -0.05) is 25.4 Å². The standard InChI is InChI=1S/C18H23ClFN5O3.C2H6/c1-18(2,3)28-17(26)25-6-5-9-27-16-11-13(12(20)14(19)23-16)21-10-22-15(11)24(4)7-8-25;1-2/h10H,5-9H2,1-4H3;1-2H3. The Labute approximate surface area is 181 Å². The van der Waals surface area contributed by atoms with Crippen LogP contribution in [0.5, 0.6) is 5.88 Å². The van der Waals surface area contributed by atoms with E-state index in [4.69, 9.17) is 21.1 Å². The van der Waals surface area contributed by atoms with E-state index in [2.05, 4.69) is 15.0 Å². The molecule has 0 aromatic carbocycles. The molecule has 0 saturated heterocycles. The first kappa shape index (κ1) is 23.9. The Bertz CT molecular complexity index is 891. The number of anilines is 1. The van der Waals surface area contributed by atoms with Crippen LogP contribution >= 0.6 is 11.6 Å². The number of pyridine rings is 1. The molecule has 0 saturated carbocycles. The van der Waals surface area contributed by atoms with Gasteiger partial charge in [0.2, 0.25) is 5.88 Å². The summed E-state index contributed by atoms with van der Waals surface area (Å²) in [5.74, 6) is -0.0880. The minimum Gasteiger partial charge on any atom is -0.477 e. The van der Waals surface area contributed by atoms with Crippen LogP contribution in [-0.2, 0) is 4.74 Å². The maximum Gasteiger partial charge on any atom is 0.410 e. The van der Waals surface area contributed by atoms with E-state index < -0.39 is 17.5 Å². The van der Waals surface area contributed by atoms with E-state index in [-0.39, 0.29) is 23.2 Å². The topological polar surface area (TPSA) is 80.7 Å². The van der Waals surface area contributed by atoms with Gasteiger partial charge in [0.15, 0.2) is 11.0 Å². The molecule has 1 aliphatic rings. The van der Waals surface area contributed by atoms with Gasteiger partial charge < -0.3 is 19.3 Å². The lowest BCUT2D eigenvalue weighted by Crippen LogP contribution is -2.41. The summed E-state index contributed by atoms with van der Waals surface area (Å²) in [5.41, 5.74) is -0.533. The van der Waals surface area contributed by atoms with E-state index in [0.29, 0.717) is 37.3 Å². The average Bonchev–Trinajstić information content (AvgIpc) is 2.72. The molecule has 3 heterocycles. The van der Waals surface area contributed by atoms with Crippen LogP contribution in [0.25, 0.3) is 10.9 Å². The second-order valence-electron chi connectivity index (χ2n) is 7.53. The molecule has 2 aromatic rings. The number of carbonyl (C=O) groups excluding carboxylic acids is 1.